The molecule has 0 aromatic heterocycles. The molecule has 2 rings (SSSR count). The number of carbonyl (C=O) groups is 1. The van der Waals surface area contributed by atoms with Crippen molar-refractivity contribution in [2.24, 2.45) is 0 Å². The second kappa shape index (κ2) is 8.39. The number of amides is 1. The van der Waals surface area contributed by atoms with Gasteiger partial charge in [-0.15, -0.1) is 0 Å². The summed E-state index contributed by atoms with van der Waals surface area (Å²) in [5.41, 5.74) is 5.43. The minimum absolute atomic E-state index is 0.0383. The van der Waals surface area contributed by atoms with Crippen LogP contribution in [0.3, 0.4) is 0 Å². The molecule has 0 radical (unpaired) electrons. The van der Waals surface area contributed by atoms with Crippen molar-refractivity contribution in [2.45, 2.75) is 26.7 Å². The Hall–Kier alpha value is -2.49. The third-order valence-electron chi connectivity index (χ3n) is 4.07. The largest absolute Gasteiger partial charge is 0.385 e. The average Bonchev–Trinajstić information content (AvgIpc) is 2.57. The van der Waals surface area contributed by atoms with E-state index in [0.29, 0.717) is 13.0 Å². The molecule has 2 aromatic rings. The minimum Gasteiger partial charge on any atom is -0.385 e. The van der Waals surface area contributed by atoms with Crippen LogP contribution in [0.5, 0.6) is 0 Å². The van der Waals surface area contributed by atoms with Crippen molar-refractivity contribution in [2.75, 3.05) is 36.2 Å². The fraction of sp³-hybridized carbons (Fsp3) is 0.350. The van der Waals surface area contributed by atoms with E-state index in [1.807, 2.05) is 45.3 Å². The number of nitrogens with one attached hydrogen (secondary N) is 2. The van der Waals surface area contributed by atoms with Gasteiger partial charge in [0.1, 0.15) is 0 Å². The Kier molecular flexibility index (Phi) is 6.24. The predicted octanol–water partition coefficient (Wildman–Crippen LogP) is 4.06. The molecule has 24 heavy (non-hydrogen) atoms. The smallest absolute Gasteiger partial charge is 0.226 e. The molecule has 0 bridgehead atoms. The molecular weight excluding hydrogens is 298 g/mol. The van der Waals surface area contributed by atoms with Crippen LogP contribution in [0, 0.1) is 6.92 Å². The molecule has 0 saturated heterocycles. The molecule has 2 N–H and O–H groups in total. The van der Waals surface area contributed by atoms with Gasteiger partial charge in [0.25, 0.3) is 0 Å². The zero-order valence-corrected chi connectivity index (χ0v) is 15.0. The molecule has 0 unspecified atom stereocenters. The second-order valence-corrected chi connectivity index (χ2v) is 6.13. The van der Waals surface area contributed by atoms with E-state index >= 15 is 0 Å². The predicted molar refractivity (Wildman–Crippen MR) is 103 cm³/mol. The van der Waals surface area contributed by atoms with Crippen LogP contribution in [0.4, 0.5) is 17.1 Å². The van der Waals surface area contributed by atoms with Crippen LogP contribution in [0.2, 0.25) is 0 Å². The summed E-state index contributed by atoms with van der Waals surface area (Å²) in [6.07, 6.45) is 1.35. The minimum atomic E-state index is 0.0383. The van der Waals surface area contributed by atoms with Crippen LogP contribution in [0.1, 0.15) is 24.5 Å². The highest BCUT2D eigenvalue weighted by Gasteiger charge is 2.08. The van der Waals surface area contributed by atoms with E-state index in [9.17, 15) is 4.79 Å². The van der Waals surface area contributed by atoms with Gasteiger partial charge < -0.3 is 15.5 Å². The molecule has 0 aliphatic rings. The molecule has 0 heterocycles. The third-order valence-corrected chi connectivity index (χ3v) is 4.07. The Balaban J connectivity index is 1.86. The van der Waals surface area contributed by atoms with Crippen molar-refractivity contribution in [3.05, 3.63) is 53.6 Å². The molecule has 4 heteroatoms. The first kappa shape index (κ1) is 17.9. The molecule has 0 fully saturated rings. The van der Waals surface area contributed by atoms with Gasteiger partial charge in [0.2, 0.25) is 5.91 Å². The van der Waals surface area contributed by atoms with Crippen molar-refractivity contribution in [3.8, 4) is 0 Å². The Morgan fingerprint density at radius 3 is 2.42 bits per heavy atom. The van der Waals surface area contributed by atoms with Crippen molar-refractivity contribution in [3.63, 3.8) is 0 Å². The van der Waals surface area contributed by atoms with Gasteiger partial charge in [0.15, 0.2) is 0 Å². The lowest BCUT2D eigenvalue weighted by Crippen LogP contribution is -2.17. The Bertz CT molecular complexity index is 678. The van der Waals surface area contributed by atoms with Gasteiger partial charge in [0.05, 0.1) is 0 Å². The van der Waals surface area contributed by atoms with Gasteiger partial charge in [0, 0.05) is 44.1 Å². The van der Waals surface area contributed by atoms with Gasteiger partial charge in [-0.1, -0.05) is 25.1 Å². The first-order valence-electron chi connectivity index (χ1n) is 8.41. The number of hydrogen-bond acceptors (Lipinski definition) is 3. The third kappa shape index (κ3) is 4.75. The van der Waals surface area contributed by atoms with E-state index in [1.54, 1.807) is 0 Å². The quantitative estimate of drug-likeness (QED) is 0.807. The van der Waals surface area contributed by atoms with E-state index in [-0.39, 0.29) is 5.91 Å². The summed E-state index contributed by atoms with van der Waals surface area (Å²) in [6.45, 7) is 4.74. The number of rotatable bonds is 7. The molecular formula is C20H27N3O. The van der Waals surface area contributed by atoms with Crippen LogP contribution in [-0.4, -0.2) is 26.5 Å². The molecule has 0 aliphatic heterocycles. The summed E-state index contributed by atoms with van der Waals surface area (Å²) in [5, 5.41) is 6.35. The summed E-state index contributed by atoms with van der Waals surface area (Å²) >= 11 is 0. The SMILES string of the molecule is CCc1cccc(C)c1NC(=O)CCNc1ccc(N(C)C)cc1. The number of aryl methyl sites for hydroxylation is 2. The molecule has 0 aliphatic carbocycles. The summed E-state index contributed by atoms with van der Waals surface area (Å²) in [7, 11) is 4.03. The maximum Gasteiger partial charge on any atom is 0.226 e. The highest BCUT2D eigenvalue weighted by atomic mass is 16.1. The van der Waals surface area contributed by atoms with E-state index in [4.69, 9.17) is 0 Å². The van der Waals surface area contributed by atoms with Crippen LogP contribution < -0.4 is 15.5 Å². The van der Waals surface area contributed by atoms with Crippen molar-refractivity contribution in [1.82, 2.24) is 0 Å². The van der Waals surface area contributed by atoms with Crippen molar-refractivity contribution < 1.29 is 4.79 Å². The number of carbonyl (C=O) groups excluding carboxylic acids is 1. The number of para-hydroxylation sites is 1. The molecule has 0 saturated carbocycles. The lowest BCUT2D eigenvalue weighted by atomic mass is 10.1. The van der Waals surface area contributed by atoms with E-state index in [1.165, 1.54) is 5.56 Å². The van der Waals surface area contributed by atoms with Crippen LogP contribution in [0.25, 0.3) is 0 Å². The maximum absolute atomic E-state index is 12.2. The highest BCUT2D eigenvalue weighted by Crippen LogP contribution is 2.21. The maximum atomic E-state index is 12.2. The Morgan fingerprint density at radius 1 is 1.08 bits per heavy atom. The summed E-state index contributed by atoms with van der Waals surface area (Å²) in [6, 6.07) is 14.3. The second-order valence-electron chi connectivity index (χ2n) is 6.13. The molecule has 0 atom stereocenters. The van der Waals surface area contributed by atoms with Gasteiger partial charge in [-0.05, 0) is 48.7 Å². The van der Waals surface area contributed by atoms with E-state index in [2.05, 4.69) is 40.7 Å². The molecule has 4 nitrogen and oxygen atoms in total. The zero-order valence-electron chi connectivity index (χ0n) is 15.0. The number of hydrogen-bond donors (Lipinski definition) is 2. The first-order chi connectivity index (χ1) is 11.5. The molecule has 128 valence electrons. The first-order valence-corrected chi connectivity index (χ1v) is 8.41. The lowest BCUT2D eigenvalue weighted by molar-refractivity contribution is -0.115. The monoisotopic (exact) mass is 325 g/mol. The fourth-order valence-corrected chi connectivity index (χ4v) is 2.60. The Labute approximate surface area is 144 Å². The Morgan fingerprint density at radius 2 is 1.79 bits per heavy atom. The van der Waals surface area contributed by atoms with Crippen LogP contribution >= 0.6 is 0 Å². The van der Waals surface area contributed by atoms with E-state index in [0.717, 1.165) is 29.0 Å². The normalized spacial score (nSPS) is 10.3. The molecule has 2 aromatic carbocycles. The lowest BCUT2D eigenvalue weighted by Gasteiger charge is -2.14. The molecule has 0 spiro atoms. The van der Waals surface area contributed by atoms with Gasteiger partial charge in [-0.2, -0.15) is 0 Å². The van der Waals surface area contributed by atoms with Crippen molar-refractivity contribution in [1.29, 1.82) is 0 Å². The fourth-order valence-electron chi connectivity index (χ4n) is 2.60. The highest BCUT2D eigenvalue weighted by molar-refractivity contribution is 5.92. The average molecular weight is 325 g/mol. The summed E-state index contributed by atoms with van der Waals surface area (Å²) in [4.78, 5) is 14.3. The van der Waals surface area contributed by atoms with E-state index < -0.39 is 0 Å². The van der Waals surface area contributed by atoms with Crippen LogP contribution in [-0.2, 0) is 11.2 Å². The topological polar surface area (TPSA) is 44.4 Å². The standard InChI is InChI=1S/C20H27N3O/c1-5-16-8-6-7-15(2)20(16)22-19(24)13-14-21-17-9-11-18(12-10-17)23(3)4/h6-12,21H,5,13-14H2,1-4H3,(H,22,24). The number of anilines is 3. The van der Waals surface area contributed by atoms with Gasteiger partial charge in [-0.3, -0.25) is 4.79 Å². The number of nitrogens with zero attached hydrogens (tertiary/aromatic N) is 1. The van der Waals surface area contributed by atoms with Crippen molar-refractivity contribution >= 4 is 23.0 Å². The van der Waals surface area contributed by atoms with Crippen LogP contribution in [0.15, 0.2) is 42.5 Å². The summed E-state index contributed by atoms with van der Waals surface area (Å²) < 4.78 is 0. The van der Waals surface area contributed by atoms with Gasteiger partial charge >= 0.3 is 0 Å². The zero-order chi connectivity index (χ0) is 17.5. The van der Waals surface area contributed by atoms with Gasteiger partial charge in [-0.25, -0.2) is 0 Å². The molecule has 1 amide bonds. The summed E-state index contributed by atoms with van der Waals surface area (Å²) in [5.74, 6) is 0.0383. The number of benzene rings is 2.